The van der Waals surface area contributed by atoms with Crippen LogP contribution in [-0.2, 0) is 13.1 Å². The molecule has 2 N–H and O–H groups in total. The van der Waals surface area contributed by atoms with Gasteiger partial charge in [-0.1, -0.05) is 30.3 Å². The summed E-state index contributed by atoms with van der Waals surface area (Å²) in [7, 11) is 0. The maximum absolute atomic E-state index is 4.25. The van der Waals surface area contributed by atoms with E-state index in [1.165, 1.54) is 11.1 Å². The first-order valence-corrected chi connectivity index (χ1v) is 7.27. The van der Waals surface area contributed by atoms with Gasteiger partial charge in [0.2, 0.25) is 0 Å². The Labute approximate surface area is 130 Å². The first-order valence-electron chi connectivity index (χ1n) is 7.27. The molecule has 3 aromatic rings. The molecule has 110 valence electrons. The van der Waals surface area contributed by atoms with Crippen molar-refractivity contribution in [1.29, 1.82) is 0 Å². The van der Waals surface area contributed by atoms with Crippen LogP contribution >= 0.6 is 0 Å². The second-order valence-electron chi connectivity index (χ2n) is 4.98. The number of nitrogens with one attached hydrogen (secondary N) is 2. The van der Waals surface area contributed by atoms with Crippen LogP contribution in [0.2, 0.25) is 0 Å². The minimum Gasteiger partial charge on any atom is -0.380 e. The highest BCUT2D eigenvalue weighted by Crippen LogP contribution is 2.10. The van der Waals surface area contributed by atoms with E-state index in [4.69, 9.17) is 0 Å². The number of anilines is 2. The Kier molecular flexibility index (Phi) is 4.62. The van der Waals surface area contributed by atoms with Gasteiger partial charge >= 0.3 is 0 Å². The van der Waals surface area contributed by atoms with Crippen molar-refractivity contribution in [1.82, 2.24) is 9.97 Å². The molecule has 0 atom stereocenters. The lowest BCUT2D eigenvalue weighted by molar-refractivity contribution is 1.09. The van der Waals surface area contributed by atoms with Crippen molar-refractivity contribution in [2.45, 2.75) is 13.1 Å². The van der Waals surface area contributed by atoms with Crippen molar-refractivity contribution < 1.29 is 0 Å². The highest BCUT2D eigenvalue weighted by Gasteiger charge is 1.97. The van der Waals surface area contributed by atoms with Crippen LogP contribution < -0.4 is 10.6 Å². The van der Waals surface area contributed by atoms with Gasteiger partial charge in [0, 0.05) is 31.7 Å². The fraction of sp³-hybridized carbons (Fsp3) is 0.111. The number of rotatable bonds is 6. The van der Waals surface area contributed by atoms with Gasteiger partial charge in [-0.15, -0.1) is 0 Å². The predicted octanol–water partition coefficient (Wildman–Crippen LogP) is 3.70. The Hall–Kier alpha value is -2.88. The SMILES string of the molecule is c1ccc(NCc2ccc(CNc3cccnc3)cc2)nc1. The average molecular weight is 290 g/mol. The molecule has 4 heteroatoms. The van der Waals surface area contributed by atoms with Crippen molar-refractivity contribution in [3.05, 3.63) is 84.3 Å². The van der Waals surface area contributed by atoms with Gasteiger partial charge in [0.25, 0.3) is 0 Å². The van der Waals surface area contributed by atoms with E-state index in [0.717, 1.165) is 24.6 Å². The predicted molar refractivity (Wildman–Crippen MR) is 89.6 cm³/mol. The number of benzene rings is 1. The molecular formula is C18H18N4. The van der Waals surface area contributed by atoms with Gasteiger partial charge in [0.15, 0.2) is 0 Å². The first-order chi connectivity index (χ1) is 10.9. The third-order valence-electron chi connectivity index (χ3n) is 3.32. The zero-order valence-corrected chi connectivity index (χ0v) is 12.2. The van der Waals surface area contributed by atoms with Gasteiger partial charge in [0.05, 0.1) is 5.69 Å². The summed E-state index contributed by atoms with van der Waals surface area (Å²) in [6, 6.07) is 18.3. The van der Waals surface area contributed by atoms with Crippen LogP contribution in [0.5, 0.6) is 0 Å². The van der Waals surface area contributed by atoms with E-state index in [2.05, 4.69) is 44.9 Å². The third kappa shape index (κ3) is 4.06. The highest BCUT2D eigenvalue weighted by molar-refractivity contribution is 5.41. The van der Waals surface area contributed by atoms with Gasteiger partial charge in [-0.3, -0.25) is 4.98 Å². The molecule has 0 spiro atoms. The van der Waals surface area contributed by atoms with Gasteiger partial charge in [0.1, 0.15) is 5.82 Å². The molecule has 0 unspecified atom stereocenters. The summed E-state index contributed by atoms with van der Waals surface area (Å²) in [5, 5.41) is 6.65. The fourth-order valence-corrected chi connectivity index (χ4v) is 2.11. The molecule has 0 aliphatic carbocycles. The fourth-order valence-electron chi connectivity index (χ4n) is 2.11. The molecule has 0 radical (unpaired) electrons. The lowest BCUT2D eigenvalue weighted by Crippen LogP contribution is -2.02. The normalized spacial score (nSPS) is 10.2. The van der Waals surface area contributed by atoms with Crippen molar-refractivity contribution in [3.8, 4) is 0 Å². The molecular weight excluding hydrogens is 272 g/mol. The first kappa shape index (κ1) is 14.1. The summed E-state index contributed by atoms with van der Waals surface area (Å²) in [5.74, 6) is 0.893. The average Bonchev–Trinajstić information content (AvgIpc) is 2.61. The van der Waals surface area contributed by atoms with Crippen LogP contribution in [0.15, 0.2) is 73.2 Å². The van der Waals surface area contributed by atoms with E-state index in [1.807, 2.05) is 36.5 Å². The van der Waals surface area contributed by atoms with Crippen molar-refractivity contribution in [3.63, 3.8) is 0 Å². The molecule has 3 rings (SSSR count). The summed E-state index contributed by atoms with van der Waals surface area (Å²) in [6.45, 7) is 1.56. The molecule has 2 aromatic heterocycles. The van der Waals surface area contributed by atoms with Crippen LogP contribution in [0.1, 0.15) is 11.1 Å². The van der Waals surface area contributed by atoms with E-state index in [0.29, 0.717) is 0 Å². The molecule has 0 aliphatic heterocycles. The Bertz CT molecular complexity index is 619. The summed E-state index contributed by atoms with van der Waals surface area (Å²) in [4.78, 5) is 8.33. The third-order valence-corrected chi connectivity index (χ3v) is 3.32. The smallest absolute Gasteiger partial charge is 0.126 e. The number of nitrogens with zero attached hydrogens (tertiary/aromatic N) is 2. The maximum atomic E-state index is 4.25. The Balaban J connectivity index is 1.52. The minimum absolute atomic E-state index is 0.771. The lowest BCUT2D eigenvalue weighted by Gasteiger charge is -2.08. The van der Waals surface area contributed by atoms with Crippen molar-refractivity contribution in [2.24, 2.45) is 0 Å². The number of pyridine rings is 2. The van der Waals surface area contributed by atoms with Gasteiger partial charge < -0.3 is 10.6 Å². The van der Waals surface area contributed by atoms with Gasteiger partial charge in [-0.05, 0) is 35.4 Å². The van der Waals surface area contributed by atoms with Crippen LogP contribution in [0.4, 0.5) is 11.5 Å². The monoisotopic (exact) mass is 290 g/mol. The molecule has 0 fully saturated rings. The molecule has 22 heavy (non-hydrogen) atoms. The number of hydrogen-bond donors (Lipinski definition) is 2. The van der Waals surface area contributed by atoms with Gasteiger partial charge in [-0.25, -0.2) is 4.98 Å². The van der Waals surface area contributed by atoms with E-state index in [9.17, 15) is 0 Å². The number of aromatic nitrogens is 2. The Morgan fingerprint density at radius 3 is 2.14 bits per heavy atom. The topological polar surface area (TPSA) is 49.8 Å². The molecule has 0 amide bonds. The Morgan fingerprint density at radius 2 is 1.50 bits per heavy atom. The van der Waals surface area contributed by atoms with Crippen molar-refractivity contribution in [2.75, 3.05) is 10.6 Å². The largest absolute Gasteiger partial charge is 0.380 e. The number of hydrogen-bond acceptors (Lipinski definition) is 4. The van der Waals surface area contributed by atoms with E-state index >= 15 is 0 Å². The summed E-state index contributed by atoms with van der Waals surface area (Å²) in [6.07, 6.45) is 5.38. The van der Waals surface area contributed by atoms with E-state index < -0.39 is 0 Å². The van der Waals surface area contributed by atoms with E-state index in [-0.39, 0.29) is 0 Å². The molecule has 0 aliphatic rings. The van der Waals surface area contributed by atoms with Crippen molar-refractivity contribution >= 4 is 11.5 Å². The maximum Gasteiger partial charge on any atom is 0.126 e. The summed E-state index contributed by atoms with van der Waals surface area (Å²) in [5.41, 5.74) is 3.50. The second-order valence-corrected chi connectivity index (χ2v) is 4.98. The minimum atomic E-state index is 0.771. The van der Waals surface area contributed by atoms with E-state index in [1.54, 1.807) is 12.4 Å². The molecule has 0 saturated heterocycles. The van der Waals surface area contributed by atoms with Gasteiger partial charge in [-0.2, -0.15) is 0 Å². The molecule has 0 saturated carbocycles. The standard InChI is InChI=1S/C18H18N4/c1-2-11-20-18(5-1)22-13-16-8-6-15(7-9-16)12-21-17-4-3-10-19-14-17/h1-11,14,21H,12-13H2,(H,20,22). The summed E-state index contributed by atoms with van der Waals surface area (Å²) < 4.78 is 0. The molecule has 2 heterocycles. The lowest BCUT2D eigenvalue weighted by atomic mass is 10.1. The molecule has 4 nitrogen and oxygen atoms in total. The van der Waals surface area contributed by atoms with Crippen LogP contribution in [0.25, 0.3) is 0 Å². The quantitative estimate of drug-likeness (QED) is 0.727. The Morgan fingerprint density at radius 1 is 0.727 bits per heavy atom. The second kappa shape index (κ2) is 7.22. The zero-order valence-electron chi connectivity index (χ0n) is 12.2. The zero-order chi connectivity index (χ0) is 15.0. The van der Waals surface area contributed by atoms with Crippen LogP contribution in [0, 0.1) is 0 Å². The van der Waals surface area contributed by atoms with Crippen LogP contribution in [0.3, 0.4) is 0 Å². The molecule has 1 aromatic carbocycles. The summed E-state index contributed by atoms with van der Waals surface area (Å²) >= 11 is 0. The van der Waals surface area contributed by atoms with Crippen LogP contribution in [-0.4, -0.2) is 9.97 Å². The highest BCUT2D eigenvalue weighted by atomic mass is 15.0. The molecule has 0 bridgehead atoms.